The standard InChI is InChI=1S/C21H23N3O2/c1-16-15-19(22-24(16)18-11-7-4-8-12-18)21(26)23(2)20(13-14-25)17-9-5-3-6-10-17/h3-12,15,20,25H,13-14H2,1-2H3. The molecule has 0 spiro atoms. The fourth-order valence-corrected chi connectivity index (χ4v) is 3.11. The topological polar surface area (TPSA) is 58.4 Å². The smallest absolute Gasteiger partial charge is 0.274 e. The molecule has 0 aliphatic carbocycles. The zero-order valence-corrected chi connectivity index (χ0v) is 15.0. The third-order valence-corrected chi connectivity index (χ3v) is 4.48. The number of aliphatic hydroxyl groups excluding tert-OH is 1. The van der Waals surface area contributed by atoms with Crippen molar-refractivity contribution in [2.24, 2.45) is 0 Å². The lowest BCUT2D eigenvalue weighted by molar-refractivity contribution is 0.0698. The van der Waals surface area contributed by atoms with Gasteiger partial charge in [-0.25, -0.2) is 4.68 Å². The summed E-state index contributed by atoms with van der Waals surface area (Å²) < 4.78 is 1.77. The van der Waals surface area contributed by atoms with Gasteiger partial charge >= 0.3 is 0 Å². The molecule has 1 heterocycles. The van der Waals surface area contributed by atoms with Crippen LogP contribution in [0.4, 0.5) is 0 Å². The molecule has 0 aliphatic rings. The molecule has 134 valence electrons. The normalized spacial score (nSPS) is 12.0. The van der Waals surface area contributed by atoms with Crippen molar-refractivity contribution >= 4 is 5.91 Å². The Hall–Kier alpha value is -2.92. The molecule has 1 unspecified atom stereocenters. The van der Waals surface area contributed by atoms with E-state index in [4.69, 9.17) is 0 Å². The van der Waals surface area contributed by atoms with Crippen molar-refractivity contribution in [3.63, 3.8) is 0 Å². The van der Waals surface area contributed by atoms with Crippen LogP contribution in [0.2, 0.25) is 0 Å². The molecular weight excluding hydrogens is 326 g/mol. The lowest BCUT2D eigenvalue weighted by Gasteiger charge is -2.27. The number of carbonyl (C=O) groups excluding carboxylic acids is 1. The Bertz CT molecular complexity index is 859. The maximum absolute atomic E-state index is 13.0. The van der Waals surface area contributed by atoms with E-state index in [0.29, 0.717) is 12.1 Å². The molecule has 1 N–H and O–H groups in total. The fraction of sp³-hybridized carbons (Fsp3) is 0.238. The van der Waals surface area contributed by atoms with Crippen LogP contribution in [0.25, 0.3) is 5.69 Å². The van der Waals surface area contributed by atoms with E-state index in [0.717, 1.165) is 16.9 Å². The van der Waals surface area contributed by atoms with E-state index in [1.165, 1.54) is 0 Å². The summed E-state index contributed by atoms with van der Waals surface area (Å²) in [5.41, 5.74) is 3.21. The molecule has 3 aromatic rings. The van der Waals surface area contributed by atoms with Gasteiger partial charge in [-0.15, -0.1) is 0 Å². The van der Waals surface area contributed by atoms with E-state index in [9.17, 15) is 9.90 Å². The number of aliphatic hydroxyl groups is 1. The minimum Gasteiger partial charge on any atom is -0.396 e. The Kier molecular flexibility index (Phi) is 5.49. The molecule has 5 heteroatoms. The first-order valence-corrected chi connectivity index (χ1v) is 8.67. The Balaban J connectivity index is 1.88. The van der Waals surface area contributed by atoms with Crippen molar-refractivity contribution in [1.82, 2.24) is 14.7 Å². The Labute approximate surface area is 153 Å². The molecule has 0 aliphatic heterocycles. The van der Waals surface area contributed by atoms with Crippen LogP contribution in [0.1, 0.15) is 34.2 Å². The fourth-order valence-electron chi connectivity index (χ4n) is 3.11. The van der Waals surface area contributed by atoms with Crippen LogP contribution < -0.4 is 0 Å². The summed E-state index contributed by atoms with van der Waals surface area (Å²) in [5, 5.41) is 13.9. The van der Waals surface area contributed by atoms with Crippen molar-refractivity contribution < 1.29 is 9.90 Å². The van der Waals surface area contributed by atoms with E-state index >= 15 is 0 Å². The summed E-state index contributed by atoms with van der Waals surface area (Å²) in [5.74, 6) is -0.162. The quantitative estimate of drug-likeness (QED) is 0.742. The van der Waals surface area contributed by atoms with Gasteiger partial charge in [0.1, 0.15) is 0 Å². The molecule has 5 nitrogen and oxygen atoms in total. The maximum atomic E-state index is 13.0. The SMILES string of the molecule is Cc1cc(C(=O)N(C)C(CCO)c2ccccc2)nn1-c1ccccc1. The van der Waals surface area contributed by atoms with Gasteiger partial charge in [-0.1, -0.05) is 48.5 Å². The van der Waals surface area contributed by atoms with Crippen molar-refractivity contribution in [2.75, 3.05) is 13.7 Å². The summed E-state index contributed by atoms with van der Waals surface area (Å²) in [7, 11) is 1.76. The maximum Gasteiger partial charge on any atom is 0.274 e. The van der Waals surface area contributed by atoms with Gasteiger partial charge < -0.3 is 10.0 Å². The summed E-state index contributed by atoms with van der Waals surface area (Å²) in [4.78, 5) is 14.7. The first-order valence-electron chi connectivity index (χ1n) is 8.67. The number of hydrogen-bond acceptors (Lipinski definition) is 3. The van der Waals surface area contributed by atoms with Crippen molar-refractivity contribution in [1.29, 1.82) is 0 Å². The Morgan fingerprint density at radius 2 is 1.73 bits per heavy atom. The van der Waals surface area contributed by atoms with Gasteiger partial charge in [-0.3, -0.25) is 4.79 Å². The summed E-state index contributed by atoms with van der Waals surface area (Å²) >= 11 is 0. The minimum atomic E-state index is -0.198. The van der Waals surface area contributed by atoms with Crippen molar-refractivity contribution in [3.8, 4) is 5.69 Å². The first-order chi connectivity index (χ1) is 12.6. The molecular formula is C21H23N3O2. The zero-order valence-electron chi connectivity index (χ0n) is 15.0. The summed E-state index contributed by atoms with van der Waals surface area (Å²) in [6, 6.07) is 21.1. The monoisotopic (exact) mass is 349 g/mol. The van der Waals surface area contributed by atoms with Gasteiger partial charge in [0.2, 0.25) is 0 Å². The van der Waals surface area contributed by atoms with Gasteiger partial charge in [0.25, 0.3) is 5.91 Å². The summed E-state index contributed by atoms with van der Waals surface area (Å²) in [6.45, 7) is 1.94. The highest BCUT2D eigenvalue weighted by Gasteiger charge is 2.24. The second-order valence-corrected chi connectivity index (χ2v) is 6.27. The lowest BCUT2D eigenvalue weighted by atomic mass is 10.0. The van der Waals surface area contributed by atoms with E-state index in [2.05, 4.69) is 5.10 Å². The average Bonchev–Trinajstić information content (AvgIpc) is 3.08. The van der Waals surface area contributed by atoms with Crippen LogP contribution in [-0.4, -0.2) is 39.3 Å². The van der Waals surface area contributed by atoms with Crippen LogP contribution in [0.3, 0.4) is 0 Å². The van der Waals surface area contributed by atoms with Gasteiger partial charge in [0, 0.05) is 19.3 Å². The number of hydrogen-bond donors (Lipinski definition) is 1. The number of benzene rings is 2. The van der Waals surface area contributed by atoms with Crippen molar-refractivity contribution in [2.45, 2.75) is 19.4 Å². The number of aryl methyl sites for hydroxylation is 1. The van der Waals surface area contributed by atoms with Crippen molar-refractivity contribution in [3.05, 3.63) is 83.7 Å². The second-order valence-electron chi connectivity index (χ2n) is 6.27. The highest BCUT2D eigenvalue weighted by Crippen LogP contribution is 2.24. The van der Waals surface area contributed by atoms with Gasteiger partial charge in [0.05, 0.1) is 11.7 Å². The molecule has 1 aromatic heterocycles. The third kappa shape index (κ3) is 3.68. The van der Waals surface area contributed by atoms with Crippen LogP contribution in [0.5, 0.6) is 0 Å². The van der Waals surface area contributed by atoms with Crippen LogP contribution in [0, 0.1) is 6.92 Å². The van der Waals surface area contributed by atoms with E-state index in [1.807, 2.05) is 67.6 Å². The molecule has 1 atom stereocenters. The van der Waals surface area contributed by atoms with Crippen LogP contribution >= 0.6 is 0 Å². The number of nitrogens with zero attached hydrogens (tertiary/aromatic N) is 3. The van der Waals surface area contributed by atoms with E-state index in [1.54, 1.807) is 22.7 Å². The lowest BCUT2D eigenvalue weighted by Crippen LogP contribution is -2.32. The average molecular weight is 349 g/mol. The Morgan fingerprint density at radius 3 is 2.35 bits per heavy atom. The third-order valence-electron chi connectivity index (χ3n) is 4.48. The molecule has 0 bridgehead atoms. The number of carbonyl (C=O) groups is 1. The zero-order chi connectivity index (χ0) is 18.5. The highest BCUT2D eigenvalue weighted by atomic mass is 16.3. The van der Waals surface area contributed by atoms with E-state index in [-0.39, 0.29) is 18.6 Å². The van der Waals surface area contributed by atoms with Gasteiger partial charge in [0.15, 0.2) is 5.69 Å². The Morgan fingerprint density at radius 1 is 1.12 bits per heavy atom. The molecule has 0 saturated heterocycles. The highest BCUT2D eigenvalue weighted by molar-refractivity contribution is 5.92. The number of amides is 1. The summed E-state index contributed by atoms with van der Waals surface area (Å²) in [6.07, 6.45) is 0.477. The number of para-hydroxylation sites is 1. The molecule has 0 fully saturated rings. The molecule has 0 radical (unpaired) electrons. The predicted molar refractivity (Wildman–Crippen MR) is 101 cm³/mol. The van der Waals surface area contributed by atoms with Crippen LogP contribution in [-0.2, 0) is 0 Å². The molecule has 3 rings (SSSR count). The number of aromatic nitrogens is 2. The van der Waals surface area contributed by atoms with Gasteiger partial charge in [-0.05, 0) is 37.1 Å². The van der Waals surface area contributed by atoms with E-state index < -0.39 is 0 Å². The van der Waals surface area contributed by atoms with Crippen LogP contribution in [0.15, 0.2) is 66.7 Å². The molecule has 26 heavy (non-hydrogen) atoms. The molecule has 0 saturated carbocycles. The largest absolute Gasteiger partial charge is 0.396 e. The minimum absolute atomic E-state index is 0.00860. The molecule has 2 aromatic carbocycles. The first kappa shape index (κ1) is 17.9. The second kappa shape index (κ2) is 7.97. The molecule has 1 amide bonds. The number of rotatable bonds is 6. The predicted octanol–water partition coefficient (Wildman–Crippen LogP) is 3.38. The van der Waals surface area contributed by atoms with Gasteiger partial charge in [-0.2, -0.15) is 5.10 Å².